The number of hydrogen-bond acceptors (Lipinski definition) is 8. The van der Waals surface area contributed by atoms with Crippen molar-refractivity contribution in [3.8, 4) is 0 Å². The summed E-state index contributed by atoms with van der Waals surface area (Å²) in [4.78, 5) is 45.3. The van der Waals surface area contributed by atoms with Crippen molar-refractivity contribution in [1.29, 1.82) is 0 Å². The molecule has 1 aliphatic heterocycles. The summed E-state index contributed by atoms with van der Waals surface area (Å²) < 4.78 is 21.0. The fourth-order valence-electron chi connectivity index (χ4n) is 2.29. The van der Waals surface area contributed by atoms with E-state index in [0.29, 0.717) is 0 Å². The molecule has 1 rings (SSSR count). The Labute approximate surface area is 147 Å². The van der Waals surface area contributed by atoms with Crippen LogP contribution >= 0.6 is 0 Å². The van der Waals surface area contributed by atoms with Crippen molar-refractivity contribution in [2.45, 2.75) is 57.1 Å². The van der Waals surface area contributed by atoms with Gasteiger partial charge in [0.2, 0.25) is 0 Å². The van der Waals surface area contributed by atoms with E-state index in [-0.39, 0.29) is 12.5 Å². The number of esters is 3. The minimum absolute atomic E-state index is 0.198. The van der Waals surface area contributed by atoms with E-state index in [2.05, 4.69) is 21.3 Å². The molecule has 24 heavy (non-hydrogen) atoms. The summed E-state index contributed by atoms with van der Waals surface area (Å²) in [6, 6.07) is -0.774. The molecule has 5 unspecified atom stereocenters. The monoisotopic (exact) mass is 410 g/mol. The Morgan fingerprint density at radius 2 is 1.50 bits per heavy atom. The molecule has 0 saturated carbocycles. The quantitative estimate of drug-likeness (QED) is 0.342. The third kappa shape index (κ3) is 6.10. The van der Waals surface area contributed by atoms with Crippen LogP contribution in [0.5, 0.6) is 0 Å². The van der Waals surface area contributed by atoms with Gasteiger partial charge in [-0.15, -0.1) is 0 Å². The van der Waals surface area contributed by atoms with Gasteiger partial charge < -0.3 is 0 Å². The summed E-state index contributed by atoms with van der Waals surface area (Å²) in [5.41, 5.74) is 0. The van der Waals surface area contributed by atoms with Crippen molar-refractivity contribution in [3.05, 3.63) is 0 Å². The zero-order valence-corrected chi connectivity index (χ0v) is 15.5. The van der Waals surface area contributed by atoms with E-state index < -0.39 is 47.3 Å². The van der Waals surface area contributed by atoms with E-state index in [0.717, 1.165) is 0 Å². The van der Waals surface area contributed by atoms with Gasteiger partial charge in [0.1, 0.15) is 0 Å². The normalized spacial score (nSPS) is 29.3. The summed E-state index contributed by atoms with van der Waals surface area (Å²) in [6.45, 7) is 4.70. The SMILES string of the molecule is CC(=O)NC1C([Se])OC(COC(C)=O)C(OC(C)=O)C1OC(C)=O. The molecule has 9 nitrogen and oxygen atoms in total. The fraction of sp³-hybridized carbons (Fsp3) is 0.714. The van der Waals surface area contributed by atoms with Crippen LogP contribution in [0.4, 0.5) is 0 Å². The van der Waals surface area contributed by atoms with Crippen LogP contribution in [-0.2, 0) is 38.1 Å². The molecule has 0 aromatic carbocycles. The van der Waals surface area contributed by atoms with Crippen LogP contribution in [0.1, 0.15) is 27.7 Å². The van der Waals surface area contributed by atoms with Gasteiger partial charge in [-0.3, -0.25) is 0 Å². The molecule has 0 aliphatic carbocycles. The van der Waals surface area contributed by atoms with Gasteiger partial charge in [0.05, 0.1) is 0 Å². The Morgan fingerprint density at radius 3 is 1.96 bits per heavy atom. The van der Waals surface area contributed by atoms with Crippen LogP contribution in [0.15, 0.2) is 0 Å². The Hall–Kier alpha value is -1.64. The van der Waals surface area contributed by atoms with Gasteiger partial charge in [0.15, 0.2) is 0 Å². The molecular formula is C14H20NO8Se. The van der Waals surface area contributed by atoms with E-state index in [1.54, 1.807) is 0 Å². The summed E-state index contributed by atoms with van der Waals surface area (Å²) in [5, 5.41) is 1.91. The molecule has 5 atom stereocenters. The molecule has 0 aromatic rings. The van der Waals surface area contributed by atoms with Crippen LogP contribution in [-0.4, -0.2) is 75.8 Å². The zero-order valence-electron chi connectivity index (χ0n) is 13.8. The molecule has 10 heteroatoms. The average Bonchev–Trinajstić information content (AvgIpc) is 2.42. The predicted molar refractivity (Wildman–Crippen MR) is 79.8 cm³/mol. The first-order valence-electron chi connectivity index (χ1n) is 7.18. The zero-order chi connectivity index (χ0) is 18.4. The number of nitrogens with one attached hydrogen (secondary N) is 1. The van der Waals surface area contributed by atoms with Crippen LogP contribution in [0.25, 0.3) is 0 Å². The molecule has 0 bridgehead atoms. The van der Waals surface area contributed by atoms with E-state index in [1.807, 2.05) is 0 Å². The molecule has 1 amide bonds. The molecule has 135 valence electrons. The number of carbonyl (C=O) groups is 4. The van der Waals surface area contributed by atoms with Crippen LogP contribution in [0, 0.1) is 0 Å². The molecule has 1 N–H and O–H groups in total. The third-order valence-corrected chi connectivity index (χ3v) is 3.92. The van der Waals surface area contributed by atoms with Crippen LogP contribution in [0.3, 0.4) is 0 Å². The average molecular weight is 409 g/mol. The molecule has 1 aliphatic rings. The number of rotatable bonds is 5. The first-order chi connectivity index (χ1) is 11.1. The van der Waals surface area contributed by atoms with Crippen LogP contribution < -0.4 is 5.32 Å². The van der Waals surface area contributed by atoms with E-state index in [4.69, 9.17) is 18.9 Å². The molecular weight excluding hydrogens is 389 g/mol. The summed E-state index contributed by atoms with van der Waals surface area (Å²) >= 11 is 2.72. The van der Waals surface area contributed by atoms with Crippen molar-refractivity contribution < 1.29 is 38.1 Å². The van der Waals surface area contributed by atoms with Crippen molar-refractivity contribution in [2.24, 2.45) is 0 Å². The number of ether oxygens (including phenoxy) is 4. The maximum atomic E-state index is 11.4. The maximum absolute atomic E-state index is 11.4. The van der Waals surface area contributed by atoms with E-state index >= 15 is 0 Å². The fourth-order valence-corrected chi connectivity index (χ4v) is 3.06. The van der Waals surface area contributed by atoms with Gasteiger partial charge in [-0.05, 0) is 0 Å². The first kappa shape index (κ1) is 20.4. The second kappa shape index (κ2) is 9.00. The minimum atomic E-state index is -1.05. The van der Waals surface area contributed by atoms with Crippen LogP contribution in [0.2, 0.25) is 0 Å². The molecule has 1 heterocycles. The Balaban J connectivity index is 3.11. The summed E-state index contributed by atoms with van der Waals surface area (Å²) in [5.74, 6) is -2.16. The van der Waals surface area contributed by atoms with Crippen molar-refractivity contribution >= 4 is 39.8 Å². The summed E-state index contributed by atoms with van der Waals surface area (Å²) in [6.07, 6.45) is -2.92. The van der Waals surface area contributed by atoms with Gasteiger partial charge in [-0.2, -0.15) is 0 Å². The second-order valence-electron chi connectivity index (χ2n) is 5.22. The third-order valence-electron chi connectivity index (χ3n) is 3.07. The molecule has 0 spiro atoms. The number of hydrogen-bond donors (Lipinski definition) is 1. The topological polar surface area (TPSA) is 117 Å². The van der Waals surface area contributed by atoms with Gasteiger partial charge in [-0.25, -0.2) is 0 Å². The van der Waals surface area contributed by atoms with E-state index in [1.165, 1.54) is 27.7 Å². The van der Waals surface area contributed by atoms with Gasteiger partial charge in [-0.1, -0.05) is 0 Å². The predicted octanol–water partition coefficient (Wildman–Crippen LogP) is -1.19. The second-order valence-corrected chi connectivity index (χ2v) is 6.19. The van der Waals surface area contributed by atoms with Crippen molar-refractivity contribution in [3.63, 3.8) is 0 Å². The molecule has 1 fully saturated rings. The number of carbonyl (C=O) groups excluding carboxylic acids is 4. The standard InChI is InChI=1S/C14H20NO8Se/c1-6(16)15-11-13(22-9(4)19)12(21-8(3)18)10(23-14(11)24)5-20-7(2)17/h10-14H,5H2,1-4H3,(H,15,16). The summed E-state index contributed by atoms with van der Waals surface area (Å²) in [7, 11) is 0. The molecule has 1 radical (unpaired) electrons. The first-order valence-corrected chi connectivity index (χ1v) is 8.17. The Kier molecular flexibility index (Phi) is 7.65. The Morgan fingerprint density at radius 1 is 0.958 bits per heavy atom. The molecule has 0 aromatic heterocycles. The van der Waals surface area contributed by atoms with Gasteiger partial charge >= 0.3 is 147 Å². The number of amides is 1. The van der Waals surface area contributed by atoms with Gasteiger partial charge in [0.25, 0.3) is 0 Å². The van der Waals surface area contributed by atoms with Gasteiger partial charge in [0, 0.05) is 0 Å². The van der Waals surface area contributed by atoms with Crippen molar-refractivity contribution in [2.75, 3.05) is 6.61 Å². The van der Waals surface area contributed by atoms with Crippen molar-refractivity contribution in [1.82, 2.24) is 5.32 Å². The Bertz CT molecular complexity index is 511. The van der Waals surface area contributed by atoms with E-state index in [9.17, 15) is 19.2 Å². The molecule has 1 saturated heterocycles.